The number of rotatable bonds is 26. The van der Waals surface area contributed by atoms with Crippen LogP contribution >= 0.6 is 47.8 Å². The molecule has 4 aromatic carbocycles. The van der Waals surface area contributed by atoms with E-state index in [1.165, 1.54) is 112 Å². The van der Waals surface area contributed by atoms with Crippen LogP contribution in [0.3, 0.4) is 0 Å². The summed E-state index contributed by atoms with van der Waals surface area (Å²) in [6.07, 6.45) is 20.6. The van der Waals surface area contributed by atoms with Gasteiger partial charge in [-0.1, -0.05) is 192 Å². The molecule has 0 N–H and O–H groups in total. The predicted molar refractivity (Wildman–Crippen MR) is 231 cm³/mol. The summed E-state index contributed by atoms with van der Waals surface area (Å²) in [6.45, 7) is 1.53. The summed E-state index contributed by atoms with van der Waals surface area (Å²) in [5.41, 5.74) is 7.06. The second kappa shape index (κ2) is 25.6. The predicted octanol–water partition coefficient (Wildman–Crippen LogP) is 15.2. The number of unbranched alkanes of at least 4 members (excludes halogenated alkanes) is 14. The molecule has 0 spiro atoms. The Kier molecular flexibility index (Phi) is 20.8. The number of hydrogen-bond donors (Lipinski definition) is 0. The first-order chi connectivity index (χ1) is 25.2. The zero-order valence-corrected chi connectivity index (χ0v) is 35.2. The molecule has 274 valence electrons. The molecule has 0 saturated carbocycles. The van der Waals surface area contributed by atoms with Crippen molar-refractivity contribution in [1.82, 2.24) is 0 Å². The van der Waals surface area contributed by atoms with Gasteiger partial charge < -0.3 is 9.47 Å². The van der Waals surface area contributed by atoms with Crippen molar-refractivity contribution in [1.29, 1.82) is 0 Å². The Hall–Kier alpha value is -2.34. The molecule has 0 fully saturated rings. The molecule has 4 aromatic rings. The number of halogens is 3. The maximum absolute atomic E-state index is 6.21. The SMILES string of the molecule is BrCCCCCCCCCCOc1ccc(C(=C(c2ccccc2)c2ccc(Br)cc2)c2ccc(OCCCCCCCCCCBr)cc2)cc1. The van der Waals surface area contributed by atoms with E-state index >= 15 is 0 Å². The molecule has 0 aliphatic heterocycles. The first kappa shape index (κ1) is 41.4. The molecule has 0 bridgehead atoms. The second-order valence-corrected chi connectivity index (χ2v) is 15.9. The minimum Gasteiger partial charge on any atom is -0.494 e. The molecule has 0 aliphatic carbocycles. The van der Waals surface area contributed by atoms with E-state index in [9.17, 15) is 0 Å². The summed E-state index contributed by atoms with van der Waals surface area (Å²) in [7, 11) is 0. The summed E-state index contributed by atoms with van der Waals surface area (Å²) >= 11 is 10.7. The first-order valence-electron chi connectivity index (χ1n) is 19.3. The van der Waals surface area contributed by atoms with Crippen molar-refractivity contribution >= 4 is 58.9 Å². The standard InChI is InChI=1S/C46H57Br3O2/c47-34-16-9-5-1-3-7-11-18-36-50-43-30-24-40(25-31-43)46(45(38-20-14-13-15-21-38)39-22-28-42(49)29-23-39)41-26-32-44(33-27-41)51-37-19-12-8-4-2-6-10-17-35-48/h13-15,20-33H,1-12,16-19,34-37H2. The van der Waals surface area contributed by atoms with Gasteiger partial charge in [0.05, 0.1) is 13.2 Å². The number of benzene rings is 4. The van der Waals surface area contributed by atoms with Crippen molar-refractivity contribution in [2.24, 2.45) is 0 Å². The van der Waals surface area contributed by atoms with E-state index in [-0.39, 0.29) is 0 Å². The van der Waals surface area contributed by atoms with Crippen molar-refractivity contribution < 1.29 is 9.47 Å². The van der Waals surface area contributed by atoms with Crippen LogP contribution in [0.5, 0.6) is 11.5 Å². The number of ether oxygens (including phenoxy) is 2. The topological polar surface area (TPSA) is 18.5 Å². The van der Waals surface area contributed by atoms with Gasteiger partial charge in [-0.15, -0.1) is 0 Å². The lowest BCUT2D eigenvalue weighted by molar-refractivity contribution is 0.304. The van der Waals surface area contributed by atoms with Crippen molar-refractivity contribution in [3.05, 3.63) is 130 Å². The van der Waals surface area contributed by atoms with Gasteiger partial charge >= 0.3 is 0 Å². The fraction of sp³-hybridized carbons (Fsp3) is 0.435. The monoisotopic (exact) mass is 878 g/mol. The molecule has 0 aliphatic rings. The van der Waals surface area contributed by atoms with Crippen LogP contribution in [0.2, 0.25) is 0 Å². The summed E-state index contributed by atoms with van der Waals surface area (Å²) in [5, 5.41) is 2.26. The molecule has 5 heteroatoms. The summed E-state index contributed by atoms with van der Waals surface area (Å²) in [5.74, 6) is 1.85. The third-order valence-corrected chi connectivity index (χ3v) is 11.0. The number of alkyl halides is 2. The van der Waals surface area contributed by atoms with E-state index in [2.05, 4.69) is 151 Å². The van der Waals surface area contributed by atoms with E-state index in [4.69, 9.17) is 9.47 Å². The Balaban J connectivity index is 1.45. The van der Waals surface area contributed by atoms with Gasteiger partial charge in [0.25, 0.3) is 0 Å². The van der Waals surface area contributed by atoms with Crippen LogP contribution in [-0.2, 0) is 0 Å². The highest BCUT2D eigenvalue weighted by molar-refractivity contribution is 9.10. The molecule has 0 unspecified atom stereocenters. The molecule has 51 heavy (non-hydrogen) atoms. The van der Waals surface area contributed by atoms with Gasteiger partial charge in [0.2, 0.25) is 0 Å². The highest BCUT2D eigenvalue weighted by Crippen LogP contribution is 2.38. The molecular weight excluding hydrogens is 824 g/mol. The van der Waals surface area contributed by atoms with Crippen molar-refractivity contribution in [3.8, 4) is 11.5 Å². The van der Waals surface area contributed by atoms with Gasteiger partial charge in [-0.25, -0.2) is 0 Å². The molecule has 0 radical (unpaired) electrons. The van der Waals surface area contributed by atoms with E-state index in [0.29, 0.717) is 0 Å². The number of hydrogen-bond acceptors (Lipinski definition) is 2. The zero-order chi connectivity index (χ0) is 35.8. The Morgan fingerprint density at radius 2 is 0.667 bits per heavy atom. The summed E-state index contributed by atoms with van der Waals surface area (Å²) in [6, 6.07) is 36.8. The largest absolute Gasteiger partial charge is 0.494 e. The Labute approximate surface area is 334 Å². The van der Waals surface area contributed by atoms with E-state index in [0.717, 1.165) is 63.8 Å². The highest BCUT2D eigenvalue weighted by atomic mass is 79.9. The van der Waals surface area contributed by atoms with Crippen LogP contribution in [0.15, 0.2) is 108 Å². The Morgan fingerprint density at radius 1 is 0.353 bits per heavy atom. The molecule has 0 atom stereocenters. The maximum atomic E-state index is 6.21. The van der Waals surface area contributed by atoms with E-state index in [1.807, 2.05) is 0 Å². The summed E-state index contributed by atoms with van der Waals surface area (Å²) < 4.78 is 13.5. The Bertz CT molecular complexity index is 1430. The minimum atomic E-state index is 0.763. The fourth-order valence-electron chi connectivity index (χ4n) is 6.46. The van der Waals surface area contributed by atoms with Gasteiger partial charge in [-0.2, -0.15) is 0 Å². The third-order valence-electron chi connectivity index (χ3n) is 9.32. The van der Waals surface area contributed by atoms with Gasteiger partial charge in [0.1, 0.15) is 11.5 Å². The van der Waals surface area contributed by atoms with Crippen LogP contribution in [0.4, 0.5) is 0 Å². The van der Waals surface area contributed by atoms with Crippen molar-refractivity contribution in [2.75, 3.05) is 23.9 Å². The molecule has 0 aromatic heterocycles. The third kappa shape index (κ3) is 15.7. The van der Waals surface area contributed by atoms with E-state index in [1.54, 1.807) is 0 Å². The quantitative estimate of drug-likeness (QED) is 0.0355. The van der Waals surface area contributed by atoms with Gasteiger partial charge in [0.15, 0.2) is 0 Å². The van der Waals surface area contributed by atoms with Gasteiger partial charge in [-0.05, 0) is 95.5 Å². The molecule has 0 saturated heterocycles. The first-order valence-corrected chi connectivity index (χ1v) is 22.4. The van der Waals surface area contributed by atoms with Crippen LogP contribution in [-0.4, -0.2) is 23.9 Å². The normalized spacial score (nSPS) is 11.0. The van der Waals surface area contributed by atoms with Crippen LogP contribution in [0.1, 0.15) is 125 Å². The smallest absolute Gasteiger partial charge is 0.119 e. The van der Waals surface area contributed by atoms with Crippen LogP contribution < -0.4 is 9.47 Å². The molecule has 0 amide bonds. The Morgan fingerprint density at radius 3 is 1.04 bits per heavy atom. The average molecular weight is 882 g/mol. The second-order valence-electron chi connectivity index (χ2n) is 13.4. The molecule has 4 rings (SSSR count). The average Bonchev–Trinajstić information content (AvgIpc) is 3.17. The summed E-state index contributed by atoms with van der Waals surface area (Å²) in [4.78, 5) is 0. The van der Waals surface area contributed by atoms with Gasteiger partial charge in [-0.3, -0.25) is 0 Å². The molecule has 2 nitrogen and oxygen atoms in total. The van der Waals surface area contributed by atoms with Crippen LogP contribution in [0, 0.1) is 0 Å². The highest BCUT2D eigenvalue weighted by Gasteiger charge is 2.17. The molecular formula is C46H57Br3O2. The fourth-order valence-corrected chi connectivity index (χ4v) is 7.52. The van der Waals surface area contributed by atoms with Crippen LogP contribution in [0.25, 0.3) is 11.1 Å². The molecule has 0 heterocycles. The van der Waals surface area contributed by atoms with Crippen molar-refractivity contribution in [3.63, 3.8) is 0 Å². The lowest BCUT2D eigenvalue weighted by Gasteiger charge is -2.19. The lowest BCUT2D eigenvalue weighted by atomic mass is 9.86. The minimum absolute atomic E-state index is 0.763. The maximum Gasteiger partial charge on any atom is 0.119 e. The lowest BCUT2D eigenvalue weighted by Crippen LogP contribution is -2.00. The van der Waals surface area contributed by atoms with E-state index < -0.39 is 0 Å². The zero-order valence-electron chi connectivity index (χ0n) is 30.4. The van der Waals surface area contributed by atoms with Crippen molar-refractivity contribution in [2.45, 2.75) is 103 Å². The van der Waals surface area contributed by atoms with Gasteiger partial charge in [0, 0.05) is 15.1 Å².